The maximum Gasteiger partial charge on any atom is 0.225 e. The quantitative estimate of drug-likeness (QED) is 0.770. The lowest BCUT2D eigenvalue weighted by Gasteiger charge is -2.21. The van der Waals surface area contributed by atoms with Crippen molar-refractivity contribution in [2.75, 3.05) is 13.1 Å². The molecule has 1 aromatic rings. The number of nitrogens with zero attached hydrogens (tertiary/aromatic N) is 1. The molecule has 2 aliphatic carbocycles. The lowest BCUT2D eigenvalue weighted by atomic mass is 10.1. The maximum atomic E-state index is 12.3. The molecule has 2 fully saturated rings. The summed E-state index contributed by atoms with van der Waals surface area (Å²) in [5, 5.41) is 0. The number of hydrogen-bond donors (Lipinski definition) is 0. The normalized spacial score (nSPS) is 18.9. The predicted molar refractivity (Wildman–Crippen MR) is 82.1 cm³/mol. The van der Waals surface area contributed by atoms with Gasteiger partial charge in [0.1, 0.15) is 0 Å². The Morgan fingerprint density at radius 1 is 1.20 bits per heavy atom. The Hall–Kier alpha value is -1.57. The molecule has 20 heavy (non-hydrogen) atoms. The molecule has 3 rings (SSSR count). The monoisotopic (exact) mass is 269 g/mol. The zero-order valence-electron chi connectivity index (χ0n) is 12.2. The van der Waals surface area contributed by atoms with Crippen molar-refractivity contribution in [2.45, 2.75) is 32.6 Å². The van der Waals surface area contributed by atoms with E-state index < -0.39 is 0 Å². The molecule has 0 unspecified atom stereocenters. The molecule has 2 nitrogen and oxygen atoms in total. The Balaban J connectivity index is 1.64. The van der Waals surface area contributed by atoms with E-state index in [0.29, 0.717) is 11.8 Å². The van der Waals surface area contributed by atoms with Crippen molar-refractivity contribution in [3.05, 3.63) is 42.0 Å². The molecule has 1 amide bonds. The largest absolute Gasteiger partial charge is 0.338 e. The molecule has 0 heterocycles. The van der Waals surface area contributed by atoms with Gasteiger partial charge in [0, 0.05) is 19.0 Å². The topological polar surface area (TPSA) is 20.3 Å². The van der Waals surface area contributed by atoms with E-state index in [1.54, 1.807) is 0 Å². The van der Waals surface area contributed by atoms with Gasteiger partial charge in [-0.1, -0.05) is 36.4 Å². The molecule has 2 heteroatoms. The molecule has 0 radical (unpaired) electrons. The average molecular weight is 269 g/mol. The molecule has 0 spiro atoms. The summed E-state index contributed by atoms with van der Waals surface area (Å²) in [6.45, 7) is 3.87. The average Bonchev–Trinajstić information content (AvgIpc) is 3.37. The van der Waals surface area contributed by atoms with E-state index in [4.69, 9.17) is 0 Å². The van der Waals surface area contributed by atoms with Gasteiger partial charge in [0.2, 0.25) is 5.91 Å². The van der Waals surface area contributed by atoms with Gasteiger partial charge in [-0.3, -0.25) is 4.79 Å². The zero-order chi connectivity index (χ0) is 13.9. The van der Waals surface area contributed by atoms with E-state index in [-0.39, 0.29) is 0 Å². The first-order valence-electron chi connectivity index (χ1n) is 7.75. The minimum atomic E-state index is 0.333. The third-order valence-corrected chi connectivity index (χ3v) is 4.26. The van der Waals surface area contributed by atoms with Gasteiger partial charge in [-0.2, -0.15) is 0 Å². The van der Waals surface area contributed by atoms with Gasteiger partial charge in [-0.25, -0.2) is 0 Å². The van der Waals surface area contributed by atoms with Gasteiger partial charge in [-0.05, 0) is 49.7 Å². The predicted octanol–water partition coefficient (Wildman–Crippen LogP) is 3.74. The molecule has 0 saturated heterocycles. The van der Waals surface area contributed by atoms with Gasteiger partial charge < -0.3 is 4.90 Å². The van der Waals surface area contributed by atoms with Crippen molar-refractivity contribution in [1.82, 2.24) is 4.90 Å². The standard InChI is InChI=1S/C18H23NO/c1-14(16-5-3-2-4-6-16)11-12-19(13-15-7-8-15)18(20)17-9-10-17/h2-6,11,15,17H,7-10,12-13H2,1H3/b14-11-. The molecule has 0 bridgehead atoms. The maximum absolute atomic E-state index is 12.3. The van der Waals surface area contributed by atoms with Gasteiger partial charge >= 0.3 is 0 Å². The highest BCUT2D eigenvalue weighted by Crippen LogP contribution is 2.34. The molecule has 0 aliphatic heterocycles. The van der Waals surface area contributed by atoms with Gasteiger partial charge in [-0.15, -0.1) is 0 Å². The highest BCUT2D eigenvalue weighted by molar-refractivity contribution is 5.81. The van der Waals surface area contributed by atoms with Crippen LogP contribution in [-0.4, -0.2) is 23.9 Å². The Morgan fingerprint density at radius 2 is 1.90 bits per heavy atom. The van der Waals surface area contributed by atoms with E-state index in [2.05, 4.69) is 42.2 Å². The Bertz CT molecular complexity index is 497. The smallest absolute Gasteiger partial charge is 0.225 e. The minimum absolute atomic E-state index is 0.333. The molecular weight excluding hydrogens is 246 g/mol. The lowest BCUT2D eigenvalue weighted by Crippen LogP contribution is -2.34. The van der Waals surface area contributed by atoms with Crippen molar-refractivity contribution in [1.29, 1.82) is 0 Å². The number of amides is 1. The summed E-state index contributed by atoms with van der Waals surface area (Å²) in [7, 11) is 0. The van der Waals surface area contributed by atoms with Crippen LogP contribution in [0, 0.1) is 11.8 Å². The number of hydrogen-bond acceptors (Lipinski definition) is 1. The second kappa shape index (κ2) is 5.82. The van der Waals surface area contributed by atoms with Crippen LogP contribution in [0.5, 0.6) is 0 Å². The second-order valence-electron chi connectivity index (χ2n) is 6.21. The first-order valence-corrected chi connectivity index (χ1v) is 7.75. The number of carbonyl (C=O) groups is 1. The van der Waals surface area contributed by atoms with Crippen molar-refractivity contribution < 1.29 is 4.79 Å². The fraction of sp³-hybridized carbons (Fsp3) is 0.500. The second-order valence-corrected chi connectivity index (χ2v) is 6.21. The summed E-state index contributed by atoms with van der Waals surface area (Å²) in [6, 6.07) is 10.4. The number of benzene rings is 1. The lowest BCUT2D eigenvalue weighted by molar-refractivity contribution is -0.132. The highest BCUT2D eigenvalue weighted by Gasteiger charge is 2.35. The molecule has 2 aliphatic rings. The molecule has 0 aromatic heterocycles. The van der Waals surface area contributed by atoms with E-state index in [9.17, 15) is 4.79 Å². The molecule has 0 atom stereocenters. The summed E-state index contributed by atoms with van der Waals surface area (Å²) in [5.41, 5.74) is 2.51. The number of allylic oxidation sites excluding steroid dienone is 1. The summed E-state index contributed by atoms with van der Waals surface area (Å²) in [6.07, 6.45) is 7.01. The van der Waals surface area contributed by atoms with Crippen molar-refractivity contribution in [3.63, 3.8) is 0 Å². The Kier molecular flexibility index (Phi) is 3.90. The third-order valence-electron chi connectivity index (χ3n) is 4.26. The molecule has 1 aromatic carbocycles. The Morgan fingerprint density at radius 3 is 2.50 bits per heavy atom. The number of rotatable bonds is 6. The van der Waals surface area contributed by atoms with Crippen LogP contribution in [0.2, 0.25) is 0 Å². The van der Waals surface area contributed by atoms with Crippen LogP contribution < -0.4 is 0 Å². The van der Waals surface area contributed by atoms with Crippen LogP contribution in [0.15, 0.2) is 36.4 Å². The summed E-state index contributed by atoms with van der Waals surface area (Å²) in [4.78, 5) is 14.4. The molecule has 0 N–H and O–H groups in total. The summed E-state index contributed by atoms with van der Waals surface area (Å²) in [5.74, 6) is 1.48. The van der Waals surface area contributed by atoms with E-state index in [1.807, 2.05) is 6.07 Å². The van der Waals surface area contributed by atoms with Crippen LogP contribution in [0.25, 0.3) is 5.57 Å². The van der Waals surface area contributed by atoms with Gasteiger partial charge in [0.05, 0.1) is 0 Å². The summed E-state index contributed by atoms with van der Waals surface area (Å²) < 4.78 is 0. The zero-order valence-corrected chi connectivity index (χ0v) is 12.2. The van der Waals surface area contributed by atoms with Crippen molar-refractivity contribution in [2.24, 2.45) is 11.8 Å². The molecule has 2 saturated carbocycles. The first-order chi connectivity index (χ1) is 9.74. The first kappa shape index (κ1) is 13.4. The summed E-state index contributed by atoms with van der Waals surface area (Å²) >= 11 is 0. The van der Waals surface area contributed by atoms with E-state index >= 15 is 0 Å². The van der Waals surface area contributed by atoms with Gasteiger partial charge in [0.25, 0.3) is 0 Å². The SMILES string of the molecule is C/C(=C/CN(CC1CC1)C(=O)C1CC1)c1ccccc1. The number of carbonyl (C=O) groups excluding carboxylic acids is 1. The van der Waals surface area contributed by atoms with Crippen LogP contribution in [-0.2, 0) is 4.79 Å². The van der Waals surface area contributed by atoms with Gasteiger partial charge in [0.15, 0.2) is 0 Å². The highest BCUT2D eigenvalue weighted by atomic mass is 16.2. The van der Waals surface area contributed by atoms with E-state index in [1.165, 1.54) is 24.0 Å². The Labute approximate surface area is 121 Å². The fourth-order valence-electron chi connectivity index (χ4n) is 2.52. The fourth-order valence-corrected chi connectivity index (χ4v) is 2.52. The van der Waals surface area contributed by atoms with Crippen molar-refractivity contribution >= 4 is 11.5 Å². The van der Waals surface area contributed by atoms with E-state index in [0.717, 1.165) is 31.8 Å². The van der Waals surface area contributed by atoms with Crippen LogP contribution in [0.4, 0.5) is 0 Å². The van der Waals surface area contributed by atoms with Crippen LogP contribution in [0.3, 0.4) is 0 Å². The van der Waals surface area contributed by atoms with Crippen LogP contribution in [0.1, 0.15) is 38.2 Å². The molecular formula is C18H23NO. The third kappa shape index (κ3) is 3.50. The van der Waals surface area contributed by atoms with Crippen molar-refractivity contribution in [3.8, 4) is 0 Å². The minimum Gasteiger partial charge on any atom is -0.338 e. The van der Waals surface area contributed by atoms with Crippen LogP contribution >= 0.6 is 0 Å². The molecule has 106 valence electrons.